The van der Waals surface area contributed by atoms with E-state index < -0.39 is 27.9 Å². The van der Waals surface area contributed by atoms with Crippen LogP contribution in [0.5, 0.6) is 0 Å². The van der Waals surface area contributed by atoms with E-state index in [0.29, 0.717) is 28.2 Å². The maximum Gasteiger partial charge on any atom is 0.432 e. The molecule has 5 aromatic rings. The van der Waals surface area contributed by atoms with E-state index in [4.69, 9.17) is 21.7 Å². The number of rotatable bonds is 9. The second kappa shape index (κ2) is 12.4. The smallest absolute Gasteiger partial charge is 0.432 e. The molecular weight excluding hydrogens is 615 g/mol. The summed E-state index contributed by atoms with van der Waals surface area (Å²) < 4.78 is 72.8. The van der Waals surface area contributed by atoms with Crippen LogP contribution in [-0.2, 0) is 21.4 Å². The van der Waals surface area contributed by atoms with Crippen molar-refractivity contribution in [1.29, 1.82) is 5.41 Å². The van der Waals surface area contributed by atoms with Crippen molar-refractivity contribution in [2.45, 2.75) is 17.7 Å². The van der Waals surface area contributed by atoms with E-state index in [0.717, 1.165) is 3.97 Å². The molecule has 44 heavy (non-hydrogen) atoms. The molecule has 0 aliphatic rings. The lowest BCUT2D eigenvalue weighted by Gasteiger charge is -2.15. The quantitative estimate of drug-likeness (QED) is 0.126. The largest absolute Gasteiger partial charge is 0.457 e. The zero-order valence-corrected chi connectivity index (χ0v) is 24.2. The van der Waals surface area contributed by atoms with E-state index in [1.807, 2.05) is 0 Å². The van der Waals surface area contributed by atoms with Gasteiger partial charge < -0.3 is 10.1 Å². The normalized spacial score (nSPS) is 12.2. The van der Waals surface area contributed by atoms with Gasteiger partial charge in [-0.15, -0.1) is 0 Å². The third kappa shape index (κ3) is 6.53. The minimum atomic E-state index is -4.87. The molecule has 1 aromatic heterocycles. The summed E-state index contributed by atoms with van der Waals surface area (Å²) in [5.74, 6) is -0.730. The molecule has 224 valence electrons. The first-order valence-electron chi connectivity index (χ1n) is 13.0. The van der Waals surface area contributed by atoms with E-state index >= 15 is 0 Å². The zero-order chi connectivity index (χ0) is 31.5. The molecule has 0 saturated heterocycles. The summed E-state index contributed by atoms with van der Waals surface area (Å²) >= 11 is 6.17. The SMILES string of the molecule is N=C(/C=C(\Nc1ccccc1Cl)c1ccc(C(=O)OCc2cn(S(=O)(=O)c3ccccc3)c3ccccc23)cc1)C(F)(F)F. The molecule has 0 bridgehead atoms. The number of nitrogens with zero attached hydrogens (tertiary/aromatic N) is 1. The van der Waals surface area contributed by atoms with Gasteiger partial charge in [-0.25, -0.2) is 17.2 Å². The second-order valence-corrected chi connectivity index (χ2v) is 11.7. The van der Waals surface area contributed by atoms with Gasteiger partial charge in [0.15, 0.2) is 0 Å². The van der Waals surface area contributed by atoms with E-state index in [9.17, 15) is 26.4 Å². The Morgan fingerprint density at radius 1 is 0.886 bits per heavy atom. The van der Waals surface area contributed by atoms with Crippen LogP contribution in [0.4, 0.5) is 18.9 Å². The summed E-state index contributed by atoms with van der Waals surface area (Å²) in [6.45, 7) is -0.236. The molecule has 12 heteroatoms. The number of carbonyl (C=O) groups excluding carboxylic acids is 1. The molecule has 0 radical (unpaired) electrons. The molecule has 0 aliphatic heterocycles. The molecule has 7 nitrogen and oxygen atoms in total. The molecule has 0 spiro atoms. The van der Waals surface area contributed by atoms with Gasteiger partial charge >= 0.3 is 12.1 Å². The Hall–Kier alpha value is -4.87. The number of alkyl halides is 3. The fraction of sp³-hybridized carbons (Fsp3) is 0.0625. The van der Waals surface area contributed by atoms with Crippen LogP contribution in [0.1, 0.15) is 21.5 Å². The van der Waals surface area contributed by atoms with Crippen molar-refractivity contribution in [3.05, 3.63) is 137 Å². The van der Waals surface area contributed by atoms with E-state index in [1.165, 1.54) is 42.6 Å². The standard InChI is InChI=1S/C32H23ClF3N3O4S/c33-26-11-5-6-12-27(26)38-28(18-30(37)32(34,35)36)21-14-16-22(17-15-21)31(40)43-20-23-19-39(29-13-7-4-10-25(23)29)44(41,42)24-8-2-1-3-9-24/h1-19,37-38H,20H2/b28-18-,37-30?. The number of fused-ring (bicyclic) bond motifs is 1. The first-order valence-corrected chi connectivity index (χ1v) is 14.8. The van der Waals surface area contributed by atoms with Gasteiger partial charge in [0.05, 0.1) is 26.7 Å². The van der Waals surface area contributed by atoms with E-state index in [1.54, 1.807) is 66.7 Å². The number of hydrogen-bond donors (Lipinski definition) is 2. The average Bonchev–Trinajstić information content (AvgIpc) is 3.40. The molecular formula is C32H23ClF3N3O4S. The highest BCUT2D eigenvalue weighted by atomic mass is 35.5. The number of allylic oxidation sites excluding steroid dienone is 1. The number of ether oxygens (including phenoxy) is 1. The second-order valence-electron chi connectivity index (χ2n) is 9.51. The minimum absolute atomic E-state index is 0.0622. The lowest BCUT2D eigenvalue weighted by molar-refractivity contribution is -0.0583. The summed E-state index contributed by atoms with van der Waals surface area (Å²) in [6, 6.07) is 26.8. The van der Waals surface area contributed by atoms with Crippen LogP contribution in [0.2, 0.25) is 5.02 Å². The molecule has 2 N–H and O–H groups in total. The Morgan fingerprint density at radius 3 is 2.18 bits per heavy atom. The van der Waals surface area contributed by atoms with Crippen molar-refractivity contribution < 1.29 is 31.1 Å². The summed E-state index contributed by atoms with van der Waals surface area (Å²) in [7, 11) is -3.92. The maximum atomic E-state index is 13.3. The average molecular weight is 638 g/mol. The molecule has 0 amide bonds. The highest BCUT2D eigenvalue weighted by Gasteiger charge is 2.33. The Bertz CT molecular complexity index is 1990. The molecule has 4 aromatic carbocycles. The summed E-state index contributed by atoms with van der Waals surface area (Å²) in [5, 5.41) is 11.1. The van der Waals surface area contributed by atoms with Gasteiger partial charge in [-0.05, 0) is 54.1 Å². The lowest BCUT2D eigenvalue weighted by atomic mass is 10.1. The van der Waals surface area contributed by atoms with Crippen molar-refractivity contribution in [2.24, 2.45) is 0 Å². The first kappa shape index (κ1) is 30.6. The van der Waals surface area contributed by atoms with Gasteiger partial charge in [-0.2, -0.15) is 13.2 Å². The van der Waals surface area contributed by atoms with Gasteiger partial charge in [-0.1, -0.05) is 72.3 Å². The Labute approximate surface area is 255 Å². The molecule has 0 unspecified atom stereocenters. The third-order valence-corrected chi connectivity index (χ3v) is 8.61. The lowest BCUT2D eigenvalue weighted by Crippen LogP contribution is -2.20. The minimum Gasteiger partial charge on any atom is -0.457 e. The highest BCUT2D eigenvalue weighted by molar-refractivity contribution is 7.90. The Balaban J connectivity index is 1.38. The highest BCUT2D eigenvalue weighted by Crippen LogP contribution is 2.29. The number of esters is 1. The third-order valence-electron chi connectivity index (χ3n) is 6.59. The number of benzene rings is 4. The van der Waals surface area contributed by atoms with Gasteiger partial charge in [-0.3, -0.25) is 5.41 Å². The number of hydrogen-bond acceptors (Lipinski definition) is 6. The number of nitrogens with one attached hydrogen (secondary N) is 2. The molecule has 0 fully saturated rings. The number of para-hydroxylation sites is 2. The zero-order valence-electron chi connectivity index (χ0n) is 22.7. The van der Waals surface area contributed by atoms with Gasteiger partial charge in [0.1, 0.15) is 12.3 Å². The molecule has 0 saturated carbocycles. The number of halogens is 4. The predicted octanol–water partition coefficient (Wildman–Crippen LogP) is 7.92. The van der Waals surface area contributed by atoms with Gasteiger partial charge in [0.2, 0.25) is 0 Å². The summed E-state index contributed by atoms with van der Waals surface area (Å²) in [5.41, 5.74) is -0.0717. The fourth-order valence-electron chi connectivity index (χ4n) is 4.38. The molecule has 5 rings (SSSR count). The summed E-state index contributed by atoms with van der Waals surface area (Å²) in [6.07, 6.45) is -2.83. The number of aromatic nitrogens is 1. The van der Waals surface area contributed by atoms with Crippen molar-refractivity contribution in [2.75, 3.05) is 5.32 Å². The van der Waals surface area contributed by atoms with Gasteiger partial charge in [0, 0.05) is 22.8 Å². The summed E-state index contributed by atoms with van der Waals surface area (Å²) in [4.78, 5) is 13.0. The van der Waals surface area contributed by atoms with Crippen LogP contribution >= 0.6 is 11.6 Å². The Morgan fingerprint density at radius 2 is 1.50 bits per heavy atom. The van der Waals surface area contributed by atoms with Crippen molar-refractivity contribution in [3.63, 3.8) is 0 Å². The van der Waals surface area contributed by atoms with Gasteiger partial charge in [0.25, 0.3) is 10.0 Å². The van der Waals surface area contributed by atoms with Crippen LogP contribution in [-0.4, -0.2) is 30.2 Å². The van der Waals surface area contributed by atoms with Crippen LogP contribution in [0.15, 0.2) is 120 Å². The topological polar surface area (TPSA) is 101 Å². The van der Waals surface area contributed by atoms with Crippen LogP contribution in [0.3, 0.4) is 0 Å². The molecule has 1 heterocycles. The van der Waals surface area contributed by atoms with E-state index in [2.05, 4.69) is 5.32 Å². The Kier molecular flexibility index (Phi) is 8.61. The van der Waals surface area contributed by atoms with Crippen molar-refractivity contribution >= 4 is 55.6 Å². The van der Waals surface area contributed by atoms with Crippen LogP contribution in [0, 0.1) is 5.41 Å². The first-order chi connectivity index (χ1) is 20.9. The van der Waals surface area contributed by atoms with Crippen molar-refractivity contribution in [1.82, 2.24) is 3.97 Å². The van der Waals surface area contributed by atoms with Crippen molar-refractivity contribution in [3.8, 4) is 0 Å². The number of anilines is 1. The number of carbonyl (C=O) groups is 1. The predicted molar refractivity (Wildman–Crippen MR) is 163 cm³/mol. The van der Waals surface area contributed by atoms with E-state index in [-0.39, 0.29) is 33.3 Å². The fourth-order valence-corrected chi connectivity index (χ4v) is 5.97. The molecule has 0 atom stereocenters. The molecule has 0 aliphatic carbocycles. The van der Waals surface area contributed by atoms with Crippen LogP contribution in [0.25, 0.3) is 16.6 Å². The monoisotopic (exact) mass is 637 g/mol. The van der Waals surface area contributed by atoms with Crippen LogP contribution < -0.4 is 5.32 Å². The maximum absolute atomic E-state index is 13.3.